The molecule has 3 aromatic rings. The average molecular weight is 498 g/mol. The van der Waals surface area contributed by atoms with Crippen molar-refractivity contribution >= 4 is 40.0 Å². The molecule has 0 spiro atoms. The number of halogens is 1. The molecule has 9 heteroatoms. The summed E-state index contributed by atoms with van der Waals surface area (Å²) in [6.45, 7) is 6.57. The number of benzene rings is 2. The molecule has 0 unspecified atom stereocenters. The van der Waals surface area contributed by atoms with Crippen LogP contribution in [-0.4, -0.2) is 74.2 Å². The molecule has 0 saturated carbocycles. The van der Waals surface area contributed by atoms with E-state index in [2.05, 4.69) is 21.6 Å². The Labute approximate surface area is 210 Å². The summed E-state index contributed by atoms with van der Waals surface area (Å²) in [5.74, 6) is 0.713. The number of carbonyl (C=O) groups is 2. The van der Waals surface area contributed by atoms with Crippen LogP contribution in [0.2, 0.25) is 5.02 Å². The Morgan fingerprint density at radius 2 is 1.83 bits per heavy atom. The first-order valence-electron chi connectivity index (χ1n) is 12.0. The summed E-state index contributed by atoms with van der Waals surface area (Å²) < 4.78 is 7.59. The third-order valence-electron chi connectivity index (χ3n) is 6.16. The van der Waals surface area contributed by atoms with Crippen LogP contribution >= 0.6 is 11.6 Å². The second kappa shape index (κ2) is 11.5. The van der Waals surface area contributed by atoms with Crippen molar-refractivity contribution in [3.63, 3.8) is 0 Å². The van der Waals surface area contributed by atoms with Crippen LogP contribution in [0.4, 0.5) is 5.69 Å². The van der Waals surface area contributed by atoms with Crippen molar-refractivity contribution in [2.45, 2.75) is 13.5 Å². The van der Waals surface area contributed by atoms with Gasteiger partial charge in [-0.05, 0) is 38.2 Å². The highest BCUT2D eigenvalue weighted by molar-refractivity contribution is 6.31. The topological polar surface area (TPSA) is 78.8 Å². The zero-order chi connectivity index (χ0) is 24.8. The average Bonchev–Trinajstić information content (AvgIpc) is 3.21. The van der Waals surface area contributed by atoms with Crippen LogP contribution in [0, 0.1) is 0 Å². The van der Waals surface area contributed by atoms with Crippen LogP contribution in [0.5, 0.6) is 5.75 Å². The molecule has 0 bridgehead atoms. The Morgan fingerprint density at radius 1 is 1.06 bits per heavy atom. The number of nitrogens with zero attached hydrogens (tertiary/aromatic N) is 3. The first-order chi connectivity index (χ1) is 17.0. The van der Waals surface area contributed by atoms with Crippen LogP contribution in [0.3, 0.4) is 0 Å². The molecule has 8 nitrogen and oxygen atoms in total. The number of hydrogen-bond donors (Lipinski definition) is 2. The Morgan fingerprint density at radius 3 is 2.57 bits per heavy atom. The molecular weight excluding hydrogens is 466 g/mol. The van der Waals surface area contributed by atoms with Crippen LogP contribution in [0.25, 0.3) is 10.9 Å². The number of piperazine rings is 1. The summed E-state index contributed by atoms with van der Waals surface area (Å²) in [5.41, 5.74) is 2.41. The first-order valence-corrected chi connectivity index (χ1v) is 12.3. The van der Waals surface area contributed by atoms with Crippen molar-refractivity contribution in [2.75, 3.05) is 57.8 Å². The lowest BCUT2D eigenvalue weighted by atomic mass is 10.1. The quantitative estimate of drug-likeness (QED) is 0.444. The molecule has 1 aliphatic heterocycles. The van der Waals surface area contributed by atoms with Crippen molar-refractivity contribution in [1.82, 2.24) is 20.1 Å². The number of nitrogens with one attached hydrogen (secondary N) is 2. The predicted molar refractivity (Wildman–Crippen MR) is 140 cm³/mol. The fourth-order valence-corrected chi connectivity index (χ4v) is 4.59. The SMILES string of the molecule is CCOc1ccccc1N1CCN(C(=O)c2cn(CC(=O)NCCNC)c3cc(Cl)ccc23)CC1. The van der Waals surface area contributed by atoms with Gasteiger partial charge >= 0.3 is 0 Å². The van der Waals surface area contributed by atoms with Crippen molar-refractivity contribution < 1.29 is 14.3 Å². The summed E-state index contributed by atoms with van der Waals surface area (Å²) in [6, 6.07) is 13.4. The van der Waals surface area contributed by atoms with E-state index in [0.717, 1.165) is 22.3 Å². The van der Waals surface area contributed by atoms with Gasteiger partial charge in [0.15, 0.2) is 0 Å². The fourth-order valence-electron chi connectivity index (χ4n) is 4.42. The highest BCUT2D eigenvalue weighted by Crippen LogP contribution is 2.30. The molecule has 1 fully saturated rings. The molecule has 2 N–H and O–H groups in total. The van der Waals surface area contributed by atoms with Crippen LogP contribution in [0.15, 0.2) is 48.7 Å². The number of ether oxygens (including phenoxy) is 1. The van der Waals surface area contributed by atoms with Crippen molar-refractivity contribution in [3.8, 4) is 5.75 Å². The smallest absolute Gasteiger partial charge is 0.256 e. The van der Waals surface area contributed by atoms with Gasteiger partial charge < -0.3 is 29.7 Å². The van der Waals surface area contributed by atoms with Crippen molar-refractivity contribution in [1.29, 1.82) is 0 Å². The number of hydrogen-bond acceptors (Lipinski definition) is 5. The minimum Gasteiger partial charge on any atom is -0.492 e. The molecule has 1 aromatic heterocycles. The summed E-state index contributed by atoms with van der Waals surface area (Å²) >= 11 is 6.24. The Kier molecular flexibility index (Phi) is 8.15. The predicted octanol–water partition coefficient (Wildman–Crippen LogP) is 2.99. The minimum absolute atomic E-state index is 0.0376. The van der Waals surface area contributed by atoms with Gasteiger partial charge in [-0.15, -0.1) is 0 Å². The number of anilines is 1. The van der Waals surface area contributed by atoms with E-state index >= 15 is 0 Å². The van der Waals surface area contributed by atoms with E-state index in [-0.39, 0.29) is 18.4 Å². The molecular formula is C26H32ClN5O3. The van der Waals surface area contributed by atoms with E-state index in [4.69, 9.17) is 16.3 Å². The third kappa shape index (κ3) is 5.71. The Bertz CT molecular complexity index is 1190. The minimum atomic E-state index is -0.113. The van der Waals surface area contributed by atoms with E-state index in [9.17, 15) is 9.59 Å². The van der Waals surface area contributed by atoms with Crippen LogP contribution in [-0.2, 0) is 11.3 Å². The Balaban J connectivity index is 1.50. The molecule has 2 amide bonds. The van der Waals surface area contributed by atoms with Crippen LogP contribution in [0.1, 0.15) is 17.3 Å². The summed E-state index contributed by atoms with van der Waals surface area (Å²) in [6.07, 6.45) is 1.78. The van der Waals surface area contributed by atoms with Gasteiger partial charge in [-0.3, -0.25) is 9.59 Å². The van der Waals surface area contributed by atoms with Gasteiger partial charge in [-0.2, -0.15) is 0 Å². The molecule has 1 aliphatic rings. The normalized spacial score (nSPS) is 13.8. The van der Waals surface area contributed by atoms with Crippen LogP contribution < -0.4 is 20.3 Å². The molecule has 0 atom stereocenters. The molecule has 35 heavy (non-hydrogen) atoms. The lowest BCUT2D eigenvalue weighted by Gasteiger charge is -2.36. The maximum Gasteiger partial charge on any atom is 0.256 e. The lowest BCUT2D eigenvalue weighted by molar-refractivity contribution is -0.121. The second-order valence-corrected chi connectivity index (χ2v) is 8.90. The van der Waals surface area contributed by atoms with Gasteiger partial charge in [0.05, 0.1) is 23.4 Å². The van der Waals surface area contributed by atoms with Gasteiger partial charge in [-0.25, -0.2) is 0 Å². The van der Waals surface area contributed by atoms with Gasteiger partial charge in [-0.1, -0.05) is 29.8 Å². The summed E-state index contributed by atoms with van der Waals surface area (Å²) in [4.78, 5) is 30.1. The number of likely N-dealkylation sites (N-methyl/N-ethyl adjacent to an activating group) is 1. The fraction of sp³-hybridized carbons (Fsp3) is 0.385. The number of para-hydroxylation sites is 2. The molecule has 2 aromatic carbocycles. The summed E-state index contributed by atoms with van der Waals surface area (Å²) in [5, 5.41) is 7.24. The highest BCUT2D eigenvalue weighted by atomic mass is 35.5. The maximum atomic E-state index is 13.5. The number of aromatic nitrogens is 1. The first kappa shape index (κ1) is 24.9. The molecule has 2 heterocycles. The monoisotopic (exact) mass is 497 g/mol. The van der Waals surface area contributed by atoms with Gasteiger partial charge in [0.1, 0.15) is 12.3 Å². The highest BCUT2D eigenvalue weighted by Gasteiger charge is 2.26. The molecule has 1 saturated heterocycles. The van der Waals surface area contributed by atoms with E-state index in [1.54, 1.807) is 22.9 Å². The molecule has 0 aliphatic carbocycles. The van der Waals surface area contributed by atoms with E-state index in [1.165, 1.54) is 0 Å². The lowest BCUT2D eigenvalue weighted by Crippen LogP contribution is -2.48. The van der Waals surface area contributed by atoms with E-state index < -0.39 is 0 Å². The number of carbonyl (C=O) groups excluding carboxylic acids is 2. The van der Waals surface area contributed by atoms with Gasteiger partial charge in [0.25, 0.3) is 5.91 Å². The maximum absolute atomic E-state index is 13.5. The van der Waals surface area contributed by atoms with Gasteiger partial charge in [0.2, 0.25) is 5.91 Å². The zero-order valence-electron chi connectivity index (χ0n) is 20.2. The number of fused-ring (bicyclic) bond motifs is 1. The van der Waals surface area contributed by atoms with Crippen molar-refractivity contribution in [3.05, 3.63) is 59.2 Å². The summed E-state index contributed by atoms with van der Waals surface area (Å²) in [7, 11) is 1.84. The van der Waals surface area contributed by atoms with Crippen molar-refractivity contribution in [2.24, 2.45) is 0 Å². The standard InChI is InChI=1S/C26H32ClN5O3/c1-3-35-24-7-5-4-6-22(24)30-12-14-31(15-13-30)26(34)21-17-32(18-25(33)29-11-10-28-2)23-16-19(27)8-9-20(21)23/h4-9,16-17,28H,3,10-15,18H2,1-2H3,(H,29,33). The second-order valence-electron chi connectivity index (χ2n) is 8.47. The molecule has 4 rings (SSSR count). The largest absolute Gasteiger partial charge is 0.492 e. The Hall–Kier alpha value is -3.23. The van der Waals surface area contributed by atoms with E-state index in [0.29, 0.717) is 56.5 Å². The molecule has 186 valence electrons. The van der Waals surface area contributed by atoms with Gasteiger partial charge in [0, 0.05) is 55.9 Å². The third-order valence-corrected chi connectivity index (χ3v) is 6.39. The zero-order valence-corrected chi connectivity index (χ0v) is 21.0. The van der Waals surface area contributed by atoms with E-state index in [1.807, 2.05) is 43.1 Å². The molecule has 0 radical (unpaired) electrons. The number of rotatable bonds is 9. The number of amides is 2.